The first kappa shape index (κ1) is 36.2. The maximum absolute atomic E-state index is 11.3. The predicted octanol–water partition coefficient (Wildman–Crippen LogP) is 13.4. The van der Waals surface area contributed by atoms with Gasteiger partial charge in [-0.3, -0.25) is 0 Å². The molecule has 266 valence electrons. The molecule has 2 unspecified atom stereocenters. The van der Waals surface area contributed by atoms with Crippen LogP contribution in [0.4, 0.5) is 0 Å². The van der Waals surface area contributed by atoms with Crippen LogP contribution in [0.5, 0.6) is 0 Å². The van der Waals surface area contributed by atoms with Gasteiger partial charge in [0.05, 0.1) is 5.71 Å². The van der Waals surface area contributed by atoms with Gasteiger partial charge in [0, 0.05) is 22.1 Å². The Morgan fingerprint density at radius 3 is 2.42 bits per heavy atom. The molecule has 0 aliphatic heterocycles. The van der Waals surface area contributed by atoms with E-state index in [2.05, 4.69) is 150 Å². The van der Waals surface area contributed by atoms with Crippen LogP contribution >= 0.6 is 0 Å². The van der Waals surface area contributed by atoms with E-state index in [1.807, 2.05) is 24.3 Å². The Bertz CT molecular complexity index is 2360. The van der Waals surface area contributed by atoms with Gasteiger partial charge in [-0.1, -0.05) is 157 Å². The Kier molecular flexibility index (Phi) is 10.1. The molecule has 0 amide bonds. The second-order valence-corrected chi connectivity index (χ2v) is 16.2. The zero-order valence-electron chi connectivity index (χ0n) is 32.0. The van der Waals surface area contributed by atoms with E-state index < -0.39 is 12.3 Å². The molecule has 53 heavy (non-hydrogen) atoms. The number of para-hydroxylation sites is 1. The molecular weight excluding hydrogens is 643 g/mol. The van der Waals surface area contributed by atoms with Crippen LogP contribution in [0.25, 0.3) is 32.7 Å². The van der Waals surface area contributed by atoms with Gasteiger partial charge in [-0.05, 0) is 100 Å². The summed E-state index contributed by atoms with van der Waals surface area (Å²) in [4.78, 5) is 5.36. The van der Waals surface area contributed by atoms with Crippen LogP contribution in [-0.4, -0.2) is 12.6 Å². The monoisotopic (exact) mass is 694 g/mol. The number of nitriles is 1. The lowest BCUT2D eigenvalue weighted by atomic mass is 9.33. The number of hydrogen-bond acceptors (Lipinski definition) is 3. The number of furan rings is 1. The van der Waals surface area contributed by atoms with Crippen molar-refractivity contribution in [3.05, 3.63) is 156 Å². The highest BCUT2D eigenvalue weighted by atomic mass is 16.3. The van der Waals surface area contributed by atoms with E-state index in [1.165, 1.54) is 22.1 Å². The minimum atomic E-state index is -0.609. The second kappa shape index (κ2) is 14.7. The van der Waals surface area contributed by atoms with Gasteiger partial charge < -0.3 is 9.32 Å². The summed E-state index contributed by atoms with van der Waals surface area (Å²) in [5, 5.41) is 15.9. The van der Waals surface area contributed by atoms with E-state index in [0.29, 0.717) is 0 Å². The molecule has 0 N–H and O–H groups in total. The highest BCUT2D eigenvalue weighted by Gasteiger charge is 2.60. The smallest absolute Gasteiger partial charge is 0.400 e. The zero-order chi connectivity index (χ0) is 37.2. The van der Waals surface area contributed by atoms with Gasteiger partial charge in [0.2, 0.25) is 0 Å². The number of benzene rings is 4. The van der Waals surface area contributed by atoms with Gasteiger partial charge in [0.1, 0.15) is 11.2 Å². The zero-order valence-corrected chi connectivity index (χ0v) is 32.0. The van der Waals surface area contributed by atoms with Gasteiger partial charge in [-0.2, -0.15) is 0 Å². The maximum Gasteiger partial charge on any atom is 0.400 e. The van der Waals surface area contributed by atoms with E-state index in [4.69, 9.17) is 9.32 Å². The SMILES string of the molecule is C=CC(=NB(C#N)C1CC(C2=CC=CCC2)=CC[C@]1(Cc1cccc2c1oc1c3ccccc3ccc21)C(C)(/C=C\CC)C(C)(C)C)c1ccccc1. The third-order valence-electron chi connectivity index (χ3n) is 12.6. The summed E-state index contributed by atoms with van der Waals surface area (Å²) in [6, 6.07) is 29.7. The van der Waals surface area contributed by atoms with Crippen molar-refractivity contribution < 1.29 is 4.42 Å². The van der Waals surface area contributed by atoms with Gasteiger partial charge in [0.15, 0.2) is 0 Å². The molecule has 0 bridgehead atoms. The highest BCUT2D eigenvalue weighted by molar-refractivity contribution is 6.68. The van der Waals surface area contributed by atoms with Crippen molar-refractivity contribution in [1.29, 1.82) is 5.26 Å². The molecule has 3 nitrogen and oxygen atoms in total. The average Bonchev–Trinajstić information content (AvgIpc) is 3.58. The lowest BCUT2D eigenvalue weighted by Crippen LogP contribution is -2.54. The lowest BCUT2D eigenvalue weighted by molar-refractivity contribution is -0.0146. The molecule has 4 aromatic carbocycles. The highest BCUT2D eigenvalue weighted by Crippen LogP contribution is 2.66. The van der Waals surface area contributed by atoms with Crippen molar-refractivity contribution in [2.45, 2.75) is 79.0 Å². The third-order valence-corrected chi connectivity index (χ3v) is 12.6. The quantitative estimate of drug-likeness (QED) is 0.0830. The fourth-order valence-electron chi connectivity index (χ4n) is 9.30. The van der Waals surface area contributed by atoms with E-state index in [1.54, 1.807) is 0 Å². The summed E-state index contributed by atoms with van der Waals surface area (Å²) in [7, 11) is 0. The molecule has 1 heterocycles. The standard InChI is InChI=1S/C49H51BN2O/c1-7-9-30-48(6,47(3,4)5)49(33-39-24-18-26-41-42-28-27-36-21-16-17-25-40(36)46(42)53-45(39)41)31-29-38(35-19-12-10-13-20-35)32-44(49)50(34-51)52-43(8-2)37-22-14-11-15-23-37/h8-12,14-19,21-30,44H,2,7,13,20,31-33H2,1,3-6H3/b30-9-,52-43?/t44?,48?,49-/m1/s1. The Balaban J connectivity index is 1.50. The molecule has 3 atom stereocenters. The average molecular weight is 695 g/mol. The molecular formula is C49H51BN2O. The fraction of sp³-hybridized carbons (Fsp3) is 0.306. The van der Waals surface area contributed by atoms with Crippen LogP contribution in [0.2, 0.25) is 5.82 Å². The van der Waals surface area contributed by atoms with E-state index in [9.17, 15) is 5.26 Å². The molecule has 0 saturated carbocycles. The van der Waals surface area contributed by atoms with Gasteiger partial charge in [-0.25, -0.2) is 5.26 Å². The fourth-order valence-corrected chi connectivity index (χ4v) is 9.30. The molecule has 0 radical (unpaired) electrons. The minimum Gasteiger partial charge on any atom is -0.455 e. The Morgan fingerprint density at radius 2 is 1.70 bits per heavy atom. The summed E-state index contributed by atoms with van der Waals surface area (Å²) in [5.74, 6) is 2.68. The van der Waals surface area contributed by atoms with Crippen LogP contribution in [0.15, 0.2) is 155 Å². The number of fused-ring (bicyclic) bond motifs is 5. The number of rotatable bonds is 10. The van der Waals surface area contributed by atoms with Crippen molar-refractivity contribution >= 4 is 45.3 Å². The van der Waals surface area contributed by atoms with Crippen molar-refractivity contribution in [2.24, 2.45) is 21.1 Å². The summed E-state index contributed by atoms with van der Waals surface area (Å²) in [5.41, 5.74) is 6.62. The summed E-state index contributed by atoms with van der Waals surface area (Å²) in [6.45, 7) is 15.3. The van der Waals surface area contributed by atoms with Crippen molar-refractivity contribution in [3.63, 3.8) is 0 Å². The topological polar surface area (TPSA) is 49.3 Å². The van der Waals surface area contributed by atoms with Crippen molar-refractivity contribution in [2.75, 3.05) is 0 Å². The Labute approximate surface area is 316 Å². The molecule has 2 aliphatic carbocycles. The molecule has 0 fully saturated rings. The number of hydrogen-bond donors (Lipinski definition) is 0. The molecule has 0 saturated heterocycles. The van der Waals surface area contributed by atoms with E-state index in [-0.39, 0.29) is 16.6 Å². The van der Waals surface area contributed by atoms with Crippen LogP contribution in [0, 0.1) is 27.5 Å². The van der Waals surface area contributed by atoms with Gasteiger partial charge in [-0.15, -0.1) is 0 Å². The van der Waals surface area contributed by atoms with Crippen LogP contribution < -0.4 is 0 Å². The van der Waals surface area contributed by atoms with E-state index in [0.717, 1.165) is 77.1 Å². The first-order valence-electron chi connectivity index (χ1n) is 19.3. The Morgan fingerprint density at radius 1 is 0.943 bits per heavy atom. The number of nitrogens with zero attached hydrogens (tertiary/aromatic N) is 2. The summed E-state index contributed by atoms with van der Waals surface area (Å²) < 4.78 is 6.98. The van der Waals surface area contributed by atoms with Crippen LogP contribution in [0.1, 0.15) is 77.8 Å². The minimum absolute atomic E-state index is 0.107. The molecule has 7 rings (SSSR count). The maximum atomic E-state index is 11.3. The first-order chi connectivity index (χ1) is 25.6. The van der Waals surface area contributed by atoms with Gasteiger partial charge >= 0.3 is 6.85 Å². The second-order valence-electron chi connectivity index (χ2n) is 16.2. The Hall–Kier alpha value is -5.14. The molecule has 5 aromatic rings. The normalized spacial score (nSPS) is 20.7. The number of allylic oxidation sites excluding steroid dienone is 9. The largest absolute Gasteiger partial charge is 0.455 e. The molecule has 4 heteroatoms. The van der Waals surface area contributed by atoms with Crippen molar-refractivity contribution in [3.8, 4) is 5.97 Å². The third kappa shape index (κ3) is 6.46. The summed E-state index contributed by atoms with van der Waals surface area (Å²) in [6.07, 6.45) is 21.2. The van der Waals surface area contributed by atoms with Gasteiger partial charge in [0.25, 0.3) is 0 Å². The first-order valence-corrected chi connectivity index (χ1v) is 19.3. The molecule has 2 aliphatic rings. The van der Waals surface area contributed by atoms with Crippen molar-refractivity contribution in [1.82, 2.24) is 0 Å². The molecule has 0 spiro atoms. The van der Waals surface area contributed by atoms with E-state index >= 15 is 0 Å². The van der Waals surface area contributed by atoms with Crippen LogP contribution in [0.3, 0.4) is 0 Å². The predicted molar refractivity (Wildman–Crippen MR) is 226 cm³/mol. The van der Waals surface area contributed by atoms with Crippen LogP contribution in [-0.2, 0) is 6.42 Å². The molecule has 1 aromatic heterocycles. The lowest BCUT2D eigenvalue weighted by Gasteiger charge is -2.60. The summed E-state index contributed by atoms with van der Waals surface area (Å²) >= 11 is 0.